The summed E-state index contributed by atoms with van der Waals surface area (Å²) in [6.45, 7) is 3.71. The molecular weight excluding hydrogens is 296 g/mol. The van der Waals surface area contributed by atoms with Gasteiger partial charge in [-0.3, -0.25) is 4.79 Å². The first-order valence-corrected chi connectivity index (χ1v) is 9.36. The highest BCUT2D eigenvalue weighted by Gasteiger charge is 2.34. The van der Waals surface area contributed by atoms with Crippen molar-refractivity contribution in [2.75, 3.05) is 28.7 Å². The zero-order valence-electron chi connectivity index (χ0n) is 11.6. The van der Waals surface area contributed by atoms with E-state index in [1.54, 1.807) is 41.9 Å². The molecule has 1 aliphatic rings. The molecule has 1 saturated heterocycles. The SMILES string of the molecule is CCS(=O)(=O)C1CSCCN1c1ncccc1C(C)=O. The van der Waals surface area contributed by atoms with Crippen molar-refractivity contribution in [1.82, 2.24) is 4.98 Å². The molecule has 1 fully saturated rings. The Morgan fingerprint density at radius 1 is 1.55 bits per heavy atom. The van der Waals surface area contributed by atoms with E-state index in [9.17, 15) is 13.2 Å². The lowest BCUT2D eigenvalue weighted by atomic mass is 10.2. The number of hydrogen-bond donors (Lipinski definition) is 0. The zero-order chi connectivity index (χ0) is 14.8. The summed E-state index contributed by atoms with van der Waals surface area (Å²) in [4.78, 5) is 17.7. The predicted octanol–water partition coefficient (Wildman–Crippen LogP) is 1.60. The molecule has 0 spiro atoms. The summed E-state index contributed by atoms with van der Waals surface area (Å²) in [6.07, 6.45) is 1.60. The molecule has 0 N–H and O–H groups in total. The van der Waals surface area contributed by atoms with Gasteiger partial charge in [0.05, 0.1) is 5.56 Å². The second-order valence-corrected chi connectivity index (χ2v) is 8.20. The molecule has 0 bridgehead atoms. The predicted molar refractivity (Wildman–Crippen MR) is 82.2 cm³/mol. The summed E-state index contributed by atoms with van der Waals surface area (Å²) in [6, 6.07) is 3.39. The van der Waals surface area contributed by atoms with Crippen LogP contribution in [0.2, 0.25) is 0 Å². The number of rotatable bonds is 4. The number of hydrogen-bond acceptors (Lipinski definition) is 6. The Morgan fingerprint density at radius 2 is 2.30 bits per heavy atom. The molecule has 5 nitrogen and oxygen atoms in total. The summed E-state index contributed by atoms with van der Waals surface area (Å²) in [7, 11) is -3.21. The number of aromatic nitrogens is 1. The Kier molecular flexibility index (Phi) is 4.70. The third-order valence-electron chi connectivity index (χ3n) is 3.34. The maximum atomic E-state index is 12.3. The molecular formula is C13H18N2O3S2. The molecule has 0 radical (unpaired) electrons. The van der Waals surface area contributed by atoms with Gasteiger partial charge in [0.25, 0.3) is 0 Å². The minimum absolute atomic E-state index is 0.0942. The Balaban J connectivity index is 2.46. The number of pyridine rings is 1. The van der Waals surface area contributed by atoms with Crippen molar-refractivity contribution in [3.05, 3.63) is 23.9 Å². The largest absolute Gasteiger partial charge is 0.338 e. The second-order valence-electron chi connectivity index (χ2n) is 4.61. The summed E-state index contributed by atoms with van der Waals surface area (Å²) in [5.41, 5.74) is 0.482. The van der Waals surface area contributed by atoms with E-state index in [4.69, 9.17) is 0 Å². The van der Waals surface area contributed by atoms with Crippen molar-refractivity contribution in [3.63, 3.8) is 0 Å². The van der Waals surface area contributed by atoms with Gasteiger partial charge in [-0.2, -0.15) is 11.8 Å². The summed E-state index contributed by atoms with van der Waals surface area (Å²) in [5.74, 6) is 1.84. The summed E-state index contributed by atoms with van der Waals surface area (Å²) in [5, 5.41) is -0.598. The van der Waals surface area contributed by atoms with Crippen molar-refractivity contribution in [3.8, 4) is 0 Å². The van der Waals surface area contributed by atoms with Crippen LogP contribution in [0.25, 0.3) is 0 Å². The third kappa shape index (κ3) is 2.98. The number of anilines is 1. The zero-order valence-corrected chi connectivity index (χ0v) is 13.2. The molecule has 7 heteroatoms. The molecule has 20 heavy (non-hydrogen) atoms. The number of carbonyl (C=O) groups is 1. The lowest BCUT2D eigenvalue weighted by molar-refractivity contribution is 0.101. The normalized spacial score (nSPS) is 19.9. The topological polar surface area (TPSA) is 67.3 Å². The molecule has 1 aromatic heterocycles. The third-order valence-corrected chi connectivity index (χ3v) is 6.63. The summed E-state index contributed by atoms with van der Waals surface area (Å²) >= 11 is 1.62. The van der Waals surface area contributed by atoms with Crippen molar-refractivity contribution in [1.29, 1.82) is 0 Å². The van der Waals surface area contributed by atoms with Crippen LogP contribution in [0.3, 0.4) is 0 Å². The molecule has 2 heterocycles. The highest BCUT2D eigenvalue weighted by molar-refractivity contribution is 8.01. The number of ketones is 1. The average molecular weight is 314 g/mol. The van der Waals surface area contributed by atoms with Crippen LogP contribution in [0.4, 0.5) is 5.82 Å². The Hall–Kier alpha value is -1.08. The molecule has 1 aromatic rings. The Morgan fingerprint density at radius 3 is 2.95 bits per heavy atom. The Bertz CT molecular complexity index is 601. The maximum Gasteiger partial charge on any atom is 0.171 e. The fraction of sp³-hybridized carbons (Fsp3) is 0.538. The van der Waals surface area contributed by atoms with Gasteiger partial charge < -0.3 is 4.90 Å². The van der Waals surface area contributed by atoms with E-state index in [0.29, 0.717) is 23.7 Å². The number of Topliss-reactive ketones (excluding diaryl/α,β-unsaturated/α-hetero) is 1. The van der Waals surface area contributed by atoms with Gasteiger partial charge in [0.1, 0.15) is 11.2 Å². The van der Waals surface area contributed by atoms with Gasteiger partial charge in [-0.25, -0.2) is 13.4 Å². The number of nitrogens with zero attached hydrogens (tertiary/aromatic N) is 2. The number of carbonyl (C=O) groups excluding carboxylic acids is 1. The minimum Gasteiger partial charge on any atom is -0.338 e. The summed E-state index contributed by atoms with van der Waals surface area (Å²) < 4.78 is 24.5. The minimum atomic E-state index is -3.21. The van der Waals surface area contributed by atoms with Crippen LogP contribution in [-0.4, -0.2) is 48.4 Å². The van der Waals surface area contributed by atoms with Crippen LogP contribution in [0.15, 0.2) is 18.3 Å². The highest BCUT2D eigenvalue weighted by atomic mass is 32.2. The molecule has 110 valence electrons. The fourth-order valence-corrected chi connectivity index (χ4v) is 5.18. The van der Waals surface area contributed by atoms with Crippen molar-refractivity contribution < 1.29 is 13.2 Å². The monoisotopic (exact) mass is 314 g/mol. The molecule has 0 aromatic carbocycles. The number of sulfone groups is 1. The first-order valence-electron chi connectivity index (χ1n) is 6.49. The fourth-order valence-electron chi connectivity index (χ4n) is 2.21. The average Bonchev–Trinajstić information content (AvgIpc) is 2.47. The van der Waals surface area contributed by atoms with Crippen molar-refractivity contribution in [2.45, 2.75) is 19.2 Å². The molecule has 0 aliphatic carbocycles. The van der Waals surface area contributed by atoms with Crippen LogP contribution < -0.4 is 4.90 Å². The molecule has 1 atom stereocenters. The van der Waals surface area contributed by atoms with Gasteiger partial charge in [-0.05, 0) is 19.1 Å². The van der Waals surface area contributed by atoms with Crippen LogP contribution in [-0.2, 0) is 9.84 Å². The first-order chi connectivity index (χ1) is 9.47. The quantitative estimate of drug-likeness (QED) is 0.786. The smallest absolute Gasteiger partial charge is 0.171 e. The van der Waals surface area contributed by atoms with Crippen LogP contribution in [0.5, 0.6) is 0 Å². The van der Waals surface area contributed by atoms with E-state index in [1.807, 2.05) is 0 Å². The lowest BCUT2D eigenvalue weighted by Crippen LogP contribution is -2.48. The molecule has 1 aliphatic heterocycles. The van der Waals surface area contributed by atoms with Gasteiger partial charge in [-0.1, -0.05) is 6.92 Å². The molecule has 1 unspecified atom stereocenters. The maximum absolute atomic E-state index is 12.3. The van der Waals surface area contributed by atoms with Crippen molar-refractivity contribution in [2.24, 2.45) is 0 Å². The Labute approximate surface area is 123 Å². The molecule has 0 amide bonds. The van der Waals surface area contributed by atoms with Gasteiger partial charge in [0.15, 0.2) is 15.6 Å². The molecule has 2 rings (SSSR count). The van der Waals surface area contributed by atoms with E-state index in [2.05, 4.69) is 4.98 Å². The van der Waals surface area contributed by atoms with E-state index in [1.165, 1.54) is 6.92 Å². The second kappa shape index (κ2) is 6.13. The lowest BCUT2D eigenvalue weighted by Gasteiger charge is -2.36. The van der Waals surface area contributed by atoms with Gasteiger partial charge in [-0.15, -0.1) is 0 Å². The van der Waals surface area contributed by atoms with Gasteiger partial charge in [0, 0.05) is 30.0 Å². The van der Waals surface area contributed by atoms with E-state index in [0.717, 1.165) is 5.75 Å². The van der Waals surface area contributed by atoms with Gasteiger partial charge >= 0.3 is 0 Å². The van der Waals surface area contributed by atoms with Crippen LogP contribution in [0, 0.1) is 0 Å². The molecule has 0 saturated carbocycles. The van der Waals surface area contributed by atoms with E-state index in [-0.39, 0.29) is 11.5 Å². The van der Waals surface area contributed by atoms with Crippen LogP contribution in [0.1, 0.15) is 24.2 Å². The standard InChI is InChI=1S/C13H18N2O3S2/c1-3-20(17,18)12-9-19-8-7-15(12)13-11(10(2)16)5-4-6-14-13/h4-6,12H,3,7-9H2,1-2H3. The van der Waals surface area contributed by atoms with E-state index < -0.39 is 15.2 Å². The first kappa shape index (κ1) is 15.3. The van der Waals surface area contributed by atoms with Crippen LogP contribution >= 0.6 is 11.8 Å². The van der Waals surface area contributed by atoms with Crippen molar-refractivity contribution >= 4 is 33.2 Å². The number of thioether (sulfide) groups is 1. The van der Waals surface area contributed by atoms with Gasteiger partial charge in [0.2, 0.25) is 0 Å². The highest BCUT2D eigenvalue weighted by Crippen LogP contribution is 2.28. The van der Waals surface area contributed by atoms with E-state index >= 15 is 0 Å².